The van der Waals surface area contributed by atoms with Gasteiger partial charge in [-0.15, -0.1) is 0 Å². The van der Waals surface area contributed by atoms with E-state index in [1.165, 1.54) is 6.07 Å². The molecule has 1 heterocycles. The van der Waals surface area contributed by atoms with Crippen molar-refractivity contribution in [3.63, 3.8) is 0 Å². The van der Waals surface area contributed by atoms with E-state index in [0.29, 0.717) is 27.9 Å². The number of halogens is 3. The fraction of sp³-hybridized carbons (Fsp3) is 0.111. The quantitative estimate of drug-likeness (QED) is 0.539. The Morgan fingerprint density at radius 3 is 2.40 bits per heavy atom. The topological polar surface area (TPSA) is 44.1 Å². The average molecular weight is 396 g/mol. The number of hydrogen-bond donors (Lipinski definition) is 0. The van der Waals surface area contributed by atoms with Gasteiger partial charge in [0.2, 0.25) is 5.88 Å². The number of nitrogens with zero attached hydrogens (tertiary/aromatic N) is 2. The summed E-state index contributed by atoms with van der Waals surface area (Å²) < 4.78 is 7.08. The van der Waals surface area contributed by atoms with Crippen LogP contribution in [0.15, 0.2) is 48.5 Å². The largest absolute Gasteiger partial charge is 0.404 e. The summed E-state index contributed by atoms with van der Waals surface area (Å²) in [5.74, 6) is -0.230. The summed E-state index contributed by atoms with van der Waals surface area (Å²) in [6.45, 7) is 1.97. The van der Waals surface area contributed by atoms with Crippen LogP contribution in [-0.2, 0) is 6.42 Å². The molecule has 0 saturated heterocycles. The Morgan fingerprint density at radius 2 is 1.76 bits per heavy atom. The van der Waals surface area contributed by atoms with Gasteiger partial charge in [-0.05, 0) is 48.9 Å². The first-order valence-corrected chi connectivity index (χ1v) is 8.63. The number of ether oxygens (including phenoxy) is 1. The molecular weight excluding hydrogens is 383 g/mol. The standard InChI is InChI=1S/C18H13Cl3N2O2/c1-2-13-10-17(23(22-13)14-6-4-12(19)5-7-14)25-18(24)11-3-8-15(20)16(21)9-11/h3-10H,2H2,1H3. The third-order valence-corrected chi connectivity index (χ3v) is 4.50. The van der Waals surface area contributed by atoms with Crippen molar-refractivity contribution in [2.45, 2.75) is 13.3 Å². The number of hydrogen-bond acceptors (Lipinski definition) is 3. The lowest BCUT2D eigenvalue weighted by atomic mass is 10.2. The number of rotatable bonds is 4. The highest BCUT2D eigenvalue weighted by atomic mass is 35.5. The first-order valence-electron chi connectivity index (χ1n) is 7.50. The van der Waals surface area contributed by atoms with Gasteiger partial charge in [-0.3, -0.25) is 0 Å². The molecular formula is C18H13Cl3N2O2. The van der Waals surface area contributed by atoms with Gasteiger partial charge in [0.25, 0.3) is 0 Å². The molecule has 0 aliphatic carbocycles. The van der Waals surface area contributed by atoms with E-state index in [1.807, 2.05) is 6.92 Å². The van der Waals surface area contributed by atoms with Gasteiger partial charge in [-0.25, -0.2) is 9.48 Å². The molecule has 128 valence electrons. The number of carbonyl (C=O) groups excluding carboxylic acids is 1. The molecule has 3 aromatic rings. The zero-order chi connectivity index (χ0) is 18.0. The van der Waals surface area contributed by atoms with E-state index in [1.54, 1.807) is 47.1 Å². The van der Waals surface area contributed by atoms with Crippen LogP contribution < -0.4 is 4.74 Å². The molecule has 0 atom stereocenters. The minimum Gasteiger partial charge on any atom is -0.404 e. The number of aromatic nitrogens is 2. The Hall–Kier alpha value is -2.01. The van der Waals surface area contributed by atoms with Crippen molar-refractivity contribution in [2.24, 2.45) is 0 Å². The molecule has 0 aliphatic rings. The van der Waals surface area contributed by atoms with Crippen LogP contribution in [-0.4, -0.2) is 15.7 Å². The van der Waals surface area contributed by atoms with Crippen LogP contribution in [0.25, 0.3) is 5.69 Å². The number of benzene rings is 2. The average Bonchev–Trinajstić information content (AvgIpc) is 3.01. The van der Waals surface area contributed by atoms with Gasteiger partial charge in [-0.1, -0.05) is 41.7 Å². The summed E-state index contributed by atoms with van der Waals surface area (Å²) in [6.07, 6.45) is 0.706. The molecule has 3 rings (SSSR count). The minimum atomic E-state index is -0.545. The van der Waals surface area contributed by atoms with Crippen LogP contribution in [0.3, 0.4) is 0 Å². The molecule has 0 spiro atoms. The van der Waals surface area contributed by atoms with Crippen LogP contribution in [0.2, 0.25) is 15.1 Å². The van der Waals surface area contributed by atoms with Crippen molar-refractivity contribution in [2.75, 3.05) is 0 Å². The van der Waals surface area contributed by atoms with E-state index < -0.39 is 5.97 Å². The Labute approximate surface area is 159 Å². The molecule has 0 fully saturated rings. The van der Waals surface area contributed by atoms with E-state index in [-0.39, 0.29) is 5.02 Å². The first-order chi connectivity index (χ1) is 12.0. The van der Waals surface area contributed by atoms with Crippen molar-refractivity contribution >= 4 is 40.8 Å². The zero-order valence-electron chi connectivity index (χ0n) is 13.2. The van der Waals surface area contributed by atoms with E-state index in [9.17, 15) is 4.79 Å². The first kappa shape index (κ1) is 17.8. The van der Waals surface area contributed by atoms with Crippen LogP contribution in [0.4, 0.5) is 0 Å². The van der Waals surface area contributed by atoms with Crippen LogP contribution >= 0.6 is 34.8 Å². The molecule has 0 saturated carbocycles. The van der Waals surface area contributed by atoms with Gasteiger partial charge in [-0.2, -0.15) is 5.10 Å². The predicted molar refractivity (Wildman–Crippen MR) is 99.4 cm³/mol. The third kappa shape index (κ3) is 3.98. The molecule has 25 heavy (non-hydrogen) atoms. The van der Waals surface area contributed by atoms with E-state index in [0.717, 1.165) is 11.4 Å². The van der Waals surface area contributed by atoms with Crippen LogP contribution in [0.5, 0.6) is 5.88 Å². The predicted octanol–water partition coefficient (Wildman–Crippen LogP) is 5.61. The highest BCUT2D eigenvalue weighted by Gasteiger charge is 2.16. The summed E-state index contributed by atoms with van der Waals surface area (Å²) in [5.41, 5.74) is 1.84. The zero-order valence-corrected chi connectivity index (χ0v) is 15.4. The number of aryl methyl sites for hydroxylation is 1. The van der Waals surface area contributed by atoms with Crippen molar-refractivity contribution in [3.8, 4) is 11.6 Å². The summed E-state index contributed by atoms with van der Waals surface area (Å²) in [5, 5.41) is 5.73. The lowest BCUT2D eigenvalue weighted by Crippen LogP contribution is -2.11. The Bertz CT molecular complexity index is 921. The maximum atomic E-state index is 12.4. The maximum absolute atomic E-state index is 12.4. The Morgan fingerprint density at radius 1 is 1.04 bits per heavy atom. The normalized spacial score (nSPS) is 10.7. The summed E-state index contributed by atoms with van der Waals surface area (Å²) in [6, 6.07) is 13.4. The molecule has 0 bridgehead atoms. The van der Waals surface area contributed by atoms with Crippen molar-refractivity contribution in [1.82, 2.24) is 9.78 Å². The smallest absolute Gasteiger partial charge is 0.344 e. The summed E-state index contributed by atoms with van der Waals surface area (Å²) >= 11 is 17.8. The van der Waals surface area contributed by atoms with E-state index in [2.05, 4.69) is 5.10 Å². The summed E-state index contributed by atoms with van der Waals surface area (Å²) in [4.78, 5) is 12.4. The molecule has 0 unspecified atom stereocenters. The van der Waals surface area contributed by atoms with Crippen LogP contribution in [0, 0.1) is 0 Å². The second kappa shape index (κ2) is 7.48. The van der Waals surface area contributed by atoms with Crippen molar-refractivity contribution in [3.05, 3.63) is 74.9 Å². The van der Waals surface area contributed by atoms with Gasteiger partial charge in [0.15, 0.2) is 0 Å². The highest BCUT2D eigenvalue weighted by Crippen LogP contribution is 2.25. The number of carbonyl (C=O) groups is 1. The monoisotopic (exact) mass is 394 g/mol. The van der Waals surface area contributed by atoms with Gasteiger partial charge < -0.3 is 4.74 Å². The van der Waals surface area contributed by atoms with Crippen molar-refractivity contribution < 1.29 is 9.53 Å². The minimum absolute atomic E-state index is 0.288. The molecule has 7 heteroatoms. The molecule has 1 aromatic heterocycles. The lowest BCUT2D eigenvalue weighted by molar-refractivity contribution is 0.0723. The molecule has 0 amide bonds. The molecule has 2 aromatic carbocycles. The van der Waals surface area contributed by atoms with Gasteiger partial charge in [0.05, 0.1) is 27.0 Å². The maximum Gasteiger partial charge on any atom is 0.344 e. The van der Waals surface area contributed by atoms with Gasteiger partial charge in [0, 0.05) is 11.1 Å². The molecule has 4 nitrogen and oxygen atoms in total. The van der Waals surface area contributed by atoms with Crippen LogP contribution in [0.1, 0.15) is 23.0 Å². The van der Waals surface area contributed by atoms with Gasteiger partial charge in [0.1, 0.15) is 0 Å². The highest BCUT2D eigenvalue weighted by molar-refractivity contribution is 6.42. The Kier molecular flexibility index (Phi) is 5.33. The SMILES string of the molecule is CCc1cc(OC(=O)c2ccc(Cl)c(Cl)c2)n(-c2ccc(Cl)cc2)n1. The lowest BCUT2D eigenvalue weighted by Gasteiger charge is -2.08. The summed E-state index contributed by atoms with van der Waals surface area (Å²) in [7, 11) is 0. The second-order valence-corrected chi connectivity index (χ2v) is 6.48. The van der Waals surface area contributed by atoms with Gasteiger partial charge >= 0.3 is 5.97 Å². The second-order valence-electron chi connectivity index (χ2n) is 5.23. The van der Waals surface area contributed by atoms with Crippen molar-refractivity contribution in [1.29, 1.82) is 0 Å². The Balaban J connectivity index is 1.93. The third-order valence-electron chi connectivity index (χ3n) is 3.51. The fourth-order valence-corrected chi connectivity index (χ4v) is 2.62. The number of esters is 1. The molecule has 0 N–H and O–H groups in total. The van der Waals surface area contributed by atoms with E-state index >= 15 is 0 Å². The molecule has 0 radical (unpaired) electrons. The molecule has 0 aliphatic heterocycles. The fourth-order valence-electron chi connectivity index (χ4n) is 2.20. The van der Waals surface area contributed by atoms with E-state index in [4.69, 9.17) is 39.5 Å².